The van der Waals surface area contributed by atoms with E-state index in [4.69, 9.17) is 4.42 Å². The molecule has 0 saturated carbocycles. The summed E-state index contributed by atoms with van der Waals surface area (Å²) in [6, 6.07) is 63.9. The van der Waals surface area contributed by atoms with Crippen LogP contribution >= 0.6 is 11.3 Å². The lowest BCUT2D eigenvalue weighted by atomic mass is 9.91. The molecule has 3 heteroatoms. The van der Waals surface area contributed by atoms with Crippen LogP contribution in [0.25, 0.3) is 85.6 Å². The van der Waals surface area contributed by atoms with Gasteiger partial charge in [0, 0.05) is 54.1 Å². The maximum absolute atomic E-state index is 6.39. The molecule has 11 aromatic rings. The molecular formula is C48H29NOS. The number of nitrogens with zero attached hydrogens (tertiary/aromatic N) is 1. The molecule has 238 valence electrons. The van der Waals surface area contributed by atoms with Gasteiger partial charge in [0.1, 0.15) is 11.2 Å². The fraction of sp³-hybridized carbons (Fsp3) is 0. The van der Waals surface area contributed by atoms with E-state index in [2.05, 4.69) is 169 Å². The molecule has 2 aromatic heterocycles. The van der Waals surface area contributed by atoms with Crippen molar-refractivity contribution < 1.29 is 4.42 Å². The van der Waals surface area contributed by atoms with Crippen molar-refractivity contribution in [2.45, 2.75) is 0 Å². The Hall–Kier alpha value is -6.42. The number of para-hydroxylation sites is 1. The summed E-state index contributed by atoms with van der Waals surface area (Å²) in [6.45, 7) is 0. The third-order valence-corrected chi connectivity index (χ3v) is 11.6. The lowest BCUT2D eigenvalue weighted by molar-refractivity contribution is 0.669. The van der Waals surface area contributed by atoms with Crippen LogP contribution in [-0.2, 0) is 0 Å². The Bertz CT molecular complexity index is 3150. The molecule has 0 atom stereocenters. The van der Waals surface area contributed by atoms with E-state index in [0.29, 0.717) is 0 Å². The number of rotatable bonds is 4. The lowest BCUT2D eigenvalue weighted by Crippen LogP contribution is -2.09. The van der Waals surface area contributed by atoms with Crippen LogP contribution in [0.1, 0.15) is 0 Å². The van der Waals surface area contributed by atoms with Crippen LogP contribution in [-0.4, -0.2) is 0 Å². The Labute approximate surface area is 298 Å². The first-order valence-corrected chi connectivity index (χ1v) is 18.1. The fourth-order valence-corrected chi connectivity index (χ4v) is 9.15. The first kappa shape index (κ1) is 28.4. The molecule has 2 heterocycles. The standard InChI is InChI=1S/C48H29NOS/c1-2-10-36-30(8-1)18-25-42-38(36)24-19-32-9-7-13-37(48(32)42)31-16-20-33(21-17-31)49(34-23-27-47-43(28-34)41-12-4-6-15-46(41)51-47)35-22-26-40-39-11-3-5-14-44(39)50-45(40)29-35/h1-29H. The van der Waals surface area contributed by atoms with Crippen molar-refractivity contribution >= 4 is 103 Å². The molecule has 0 aliphatic carbocycles. The summed E-state index contributed by atoms with van der Waals surface area (Å²) in [6.07, 6.45) is 0. The Balaban J connectivity index is 1.09. The summed E-state index contributed by atoms with van der Waals surface area (Å²) in [4.78, 5) is 2.35. The molecular weight excluding hydrogens is 639 g/mol. The highest BCUT2D eigenvalue weighted by Gasteiger charge is 2.18. The van der Waals surface area contributed by atoms with E-state index in [-0.39, 0.29) is 0 Å². The molecule has 0 N–H and O–H groups in total. The maximum Gasteiger partial charge on any atom is 0.137 e. The van der Waals surface area contributed by atoms with E-state index in [1.165, 1.54) is 63.6 Å². The van der Waals surface area contributed by atoms with Crippen molar-refractivity contribution in [2.24, 2.45) is 0 Å². The van der Waals surface area contributed by atoms with Crippen LogP contribution in [0.3, 0.4) is 0 Å². The Morgan fingerprint density at radius 2 is 1.02 bits per heavy atom. The van der Waals surface area contributed by atoms with Crippen molar-refractivity contribution in [3.8, 4) is 11.1 Å². The topological polar surface area (TPSA) is 16.4 Å². The van der Waals surface area contributed by atoms with Crippen LogP contribution in [0.2, 0.25) is 0 Å². The van der Waals surface area contributed by atoms with E-state index in [0.717, 1.165) is 39.0 Å². The SMILES string of the molecule is c1ccc2c(c1)ccc1c2ccc2cccc(-c3ccc(N(c4ccc5c(c4)oc4ccccc45)c4ccc5sc6ccccc6c5c4)cc3)c21. The first-order chi connectivity index (χ1) is 25.3. The average molecular weight is 668 g/mol. The molecule has 9 aromatic carbocycles. The van der Waals surface area contributed by atoms with Crippen LogP contribution in [0.15, 0.2) is 180 Å². The van der Waals surface area contributed by atoms with Gasteiger partial charge in [0.25, 0.3) is 0 Å². The van der Waals surface area contributed by atoms with Gasteiger partial charge in [-0.1, -0.05) is 115 Å². The molecule has 0 aliphatic rings. The zero-order valence-corrected chi connectivity index (χ0v) is 28.3. The number of hydrogen-bond acceptors (Lipinski definition) is 3. The second kappa shape index (κ2) is 11.0. The third kappa shape index (κ3) is 4.42. The Morgan fingerprint density at radius 1 is 0.373 bits per heavy atom. The molecule has 0 radical (unpaired) electrons. The van der Waals surface area contributed by atoms with Crippen molar-refractivity contribution in [3.63, 3.8) is 0 Å². The summed E-state index contributed by atoms with van der Waals surface area (Å²) >= 11 is 1.85. The second-order valence-corrected chi connectivity index (χ2v) is 14.4. The number of hydrogen-bond donors (Lipinski definition) is 0. The van der Waals surface area contributed by atoms with Crippen LogP contribution in [0.4, 0.5) is 17.1 Å². The normalized spacial score (nSPS) is 11.9. The zero-order valence-electron chi connectivity index (χ0n) is 27.5. The van der Waals surface area contributed by atoms with Crippen molar-refractivity contribution in [2.75, 3.05) is 4.90 Å². The van der Waals surface area contributed by atoms with Crippen molar-refractivity contribution in [1.29, 1.82) is 0 Å². The Kier molecular flexibility index (Phi) is 6.16. The molecule has 0 unspecified atom stereocenters. The highest BCUT2D eigenvalue weighted by molar-refractivity contribution is 7.25. The van der Waals surface area contributed by atoms with Crippen LogP contribution < -0.4 is 4.90 Å². The summed E-state index contributed by atoms with van der Waals surface area (Å²) in [5, 5.41) is 12.5. The minimum absolute atomic E-state index is 0.882. The van der Waals surface area contributed by atoms with Crippen molar-refractivity contribution in [3.05, 3.63) is 176 Å². The van der Waals surface area contributed by atoms with E-state index in [9.17, 15) is 0 Å². The molecule has 0 spiro atoms. The summed E-state index contributed by atoms with van der Waals surface area (Å²) in [5.41, 5.74) is 7.46. The maximum atomic E-state index is 6.39. The number of benzene rings is 9. The number of fused-ring (bicyclic) bond motifs is 11. The van der Waals surface area contributed by atoms with E-state index in [1.54, 1.807) is 0 Å². The van der Waals surface area contributed by atoms with Gasteiger partial charge in [0.05, 0.1) is 0 Å². The van der Waals surface area contributed by atoms with Gasteiger partial charge in [-0.2, -0.15) is 0 Å². The van der Waals surface area contributed by atoms with Crippen LogP contribution in [0.5, 0.6) is 0 Å². The molecule has 2 nitrogen and oxygen atoms in total. The number of thiophene rings is 1. The van der Waals surface area contributed by atoms with Gasteiger partial charge in [-0.3, -0.25) is 0 Å². The summed E-state index contributed by atoms with van der Waals surface area (Å²) in [7, 11) is 0. The minimum Gasteiger partial charge on any atom is -0.456 e. The minimum atomic E-state index is 0.882. The van der Waals surface area contributed by atoms with Crippen LogP contribution in [0, 0.1) is 0 Å². The highest BCUT2D eigenvalue weighted by Crippen LogP contribution is 2.43. The second-order valence-electron chi connectivity index (χ2n) is 13.3. The fourth-order valence-electron chi connectivity index (χ4n) is 8.06. The lowest BCUT2D eigenvalue weighted by Gasteiger charge is -2.26. The zero-order chi connectivity index (χ0) is 33.5. The average Bonchev–Trinajstić information content (AvgIpc) is 3.75. The van der Waals surface area contributed by atoms with Crippen molar-refractivity contribution in [1.82, 2.24) is 0 Å². The summed E-state index contributed by atoms with van der Waals surface area (Å²) in [5.74, 6) is 0. The highest BCUT2D eigenvalue weighted by atomic mass is 32.1. The molecule has 11 rings (SSSR count). The van der Waals surface area contributed by atoms with Gasteiger partial charge in [0.15, 0.2) is 0 Å². The van der Waals surface area contributed by atoms with Gasteiger partial charge < -0.3 is 9.32 Å². The first-order valence-electron chi connectivity index (χ1n) is 17.3. The van der Waals surface area contributed by atoms with Gasteiger partial charge in [-0.05, 0) is 98.0 Å². The van der Waals surface area contributed by atoms with Gasteiger partial charge in [0.2, 0.25) is 0 Å². The van der Waals surface area contributed by atoms with Gasteiger partial charge >= 0.3 is 0 Å². The largest absolute Gasteiger partial charge is 0.456 e. The molecule has 0 bridgehead atoms. The predicted octanol–water partition coefficient (Wildman–Crippen LogP) is 14.6. The third-order valence-electron chi connectivity index (χ3n) is 10.4. The van der Waals surface area contributed by atoms with E-state index < -0.39 is 0 Å². The molecule has 51 heavy (non-hydrogen) atoms. The molecule has 0 saturated heterocycles. The number of anilines is 3. The molecule has 0 fully saturated rings. The van der Waals surface area contributed by atoms with Gasteiger partial charge in [-0.15, -0.1) is 11.3 Å². The number of furan rings is 1. The van der Waals surface area contributed by atoms with Gasteiger partial charge in [-0.25, -0.2) is 0 Å². The summed E-state index contributed by atoms with van der Waals surface area (Å²) < 4.78 is 8.98. The monoisotopic (exact) mass is 667 g/mol. The van der Waals surface area contributed by atoms with E-state index >= 15 is 0 Å². The Morgan fingerprint density at radius 3 is 1.94 bits per heavy atom. The quantitative estimate of drug-likeness (QED) is 0.174. The molecule has 0 amide bonds. The molecule has 0 aliphatic heterocycles. The predicted molar refractivity (Wildman–Crippen MR) is 219 cm³/mol. The smallest absolute Gasteiger partial charge is 0.137 e. The van der Waals surface area contributed by atoms with E-state index in [1.807, 2.05) is 23.5 Å².